The van der Waals surface area contributed by atoms with Gasteiger partial charge in [-0.05, 0) is 36.6 Å². The average molecular weight is 383 g/mol. The second kappa shape index (κ2) is 7.48. The maximum absolute atomic E-state index is 12.6. The number of benzene rings is 1. The fraction of sp³-hybridized carbons (Fsp3) is 0.300. The van der Waals surface area contributed by atoms with Crippen molar-refractivity contribution in [1.82, 2.24) is 5.32 Å². The smallest absolute Gasteiger partial charge is 0.276 e. The van der Waals surface area contributed by atoms with E-state index in [-0.39, 0.29) is 17.5 Å². The number of anilines is 1. The third kappa shape index (κ3) is 3.71. The molecule has 1 fully saturated rings. The molecule has 0 aromatic heterocycles. The number of fused-ring (bicyclic) bond motifs is 1. The quantitative estimate of drug-likeness (QED) is 0.868. The molecule has 1 saturated heterocycles. The molecule has 0 bridgehead atoms. The molecular weight excluding hydrogens is 364 g/mol. The Morgan fingerprint density at radius 2 is 2.04 bits per heavy atom. The molecule has 138 valence electrons. The van der Waals surface area contributed by atoms with Crippen molar-refractivity contribution in [2.45, 2.75) is 6.42 Å². The first-order chi connectivity index (χ1) is 13.1. The number of carbonyl (C=O) groups is 2. The number of rotatable bonds is 4. The van der Waals surface area contributed by atoms with Gasteiger partial charge in [0.25, 0.3) is 11.8 Å². The minimum Gasteiger partial charge on any atom is -0.371 e. The van der Waals surface area contributed by atoms with Crippen LogP contribution in [0.5, 0.6) is 0 Å². The van der Waals surface area contributed by atoms with Crippen molar-refractivity contribution in [3.8, 4) is 0 Å². The molecule has 27 heavy (non-hydrogen) atoms. The van der Waals surface area contributed by atoms with E-state index in [2.05, 4.69) is 20.4 Å². The molecule has 0 spiro atoms. The van der Waals surface area contributed by atoms with Gasteiger partial charge in [0.1, 0.15) is 0 Å². The second-order valence-corrected chi connectivity index (χ2v) is 7.29. The van der Waals surface area contributed by atoms with Crippen molar-refractivity contribution in [3.05, 3.63) is 64.9 Å². The fourth-order valence-electron chi connectivity index (χ4n) is 3.59. The largest absolute Gasteiger partial charge is 0.371 e. The van der Waals surface area contributed by atoms with E-state index >= 15 is 0 Å². The predicted molar refractivity (Wildman–Crippen MR) is 103 cm³/mol. The summed E-state index contributed by atoms with van der Waals surface area (Å²) in [5.74, 6) is -0.761. The minimum absolute atomic E-state index is 0.229. The number of azo groups is 1. The van der Waals surface area contributed by atoms with Gasteiger partial charge in [0, 0.05) is 35.9 Å². The van der Waals surface area contributed by atoms with E-state index in [4.69, 9.17) is 11.6 Å². The molecule has 7 heteroatoms. The van der Waals surface area contributed by atoms with Gasteiger partial charge in [-0.25, -0.2) is 0 Å². The van der Waals surface area contributed by atoms with E-state index in [0.717, 1.165) is 30.2 Å². The van der Waals surface area contributed by atoms with Crippen LogP contribution in [0.3, 0.4) is 0 Å². The molecular formula is C20H19ClN4O2. The summed E-state index contributed by atoms with van der Waals surface area (Å²) in [6.45, 7) is 2.38. The van der Waals surface area contributed by atoms with Crippen molar-refractivity contribution in [2.75, 3.05) is 24.5 Å². The summed E-state index contributed by atoms with van der Waals surface area (Å²) in [6, 6.07) is 7.80. The van der Waals surface area contributed by atoms with Crippen LogP contribution in [-0.4, -0.2) is 31.4 Å². The monoisotopic (exact) mass is 382 g/mol. The van der Waals surface area contributed by atoms with Gasteiger partial charge in [0.05, 0.1) is 5.92 Å². The molecule has 6 nitrogen and oxygen atoms in total. The van der Waals surface area contributed by atoms with Gasteiger partial charge in [-0.15, -0.1) is 10.2 Å². The van der Waals surface area contributed by atoms with Crippen LogP contribution in [-0.2, 0) is 9.59 Å². The van der Waals surface area contributed by atoms with Crippen LogP contribution in [0.2, 0.25) is 5.02 Å². The van der Waals surface area contributed by atoms with Crippen molar-refractivity contribution < 1.29 is 9.59 Å². The molecule has 1 aliphatic carbocycles. The lowest BCUT2D eigenvalue weighted by Crippen LogP contribution is -2.33. The van der Waals surface area contributed by atoms with Gasteiger partial charge in [-0.2, -0.15) is 0 Å². The number of hydrogen-bond acceptors (Lipinski definition) is 4. The number of carbonyl (C=O) groups excluding carboxylic acids is 2. The van der Waals surface area contributed by atoms with Crippen LogP contribution in [0.4, 0.5) is 5.69 Å². The summed E-state index contributed by atoms with van der Waals surface area (Å²) in [4.78, 5) is 26.7. The lowest BCUT2D eigenvalue weighted by atomic mass is 9.91. The van der Waals surface area contributed by atoms with Crippen LogP contribution in [0.25, 0.3) is 0 Å². The molecule has 2 amide bonds. The standard InChI is InChI=1S/C20H19ClN4O2/c21-14-5-7-15(8-6-14)25-10-9-13(12-25)11-22-20(27)18-16-3-1-2-4-17(16)19(26)24-23-18/h1-8,13,17H,9-12H2,(H,22,27). The number of halogens is 1. The molecule has 1 N–H and O–H groups in total. The van der Waals surface area contributed by atoms with Gasteiger partial charge in [0.15, 0.2) is 5.70 Å². The number of nitrogens with zero attached hydrogens (tertiary/aromatic N) is 3. The third-order valence-corrected chi connectivity index (χ3v) is 5.31. The zero-order valence-corrected chi connectivity index (χ0v) is 15.4. The highest BCUT2D eigenvalue weighted by Gasteiger charge is 2.31. The summed E-state index contributed by atoms with van der Waals surface area (Å²) >= 11 is 5.95. The van der Waals surface area contributed by atoms with E-state index in [1.54, 1.807) is 24.3 Å². The Morgan fingerprint density at radius 1 is 1.22 bits per heavy atom. The molecule has 2 unspecified atom stereocenters. The summed E-state index contributed by atoms with van der Waals surface area (Å²) in [5.41, 5.74) is 1.98. The van der Waals surface area contributed by atoms with Gasteiger partial charge in [-0.1, -0.05) is 35.9 Å². The van der Waals surface area contributed by atoms with Gasteiger partial charge in [-0.3, -0.25) is 9.59 Å². The zero-order valence-electron chi connectivity index (χ0n) is 14.6. The topological polar surface area (TPSA) is 74.1 Å². The predicted octanol–water partition coefficient (Wildman–Crippen LogP) is 3.27. The van der Waals surface area contributed by atoms with Crippen molar-refractivity contribution in [1.29, 1.82) is 0 Å². The van der Waals surface area contributed by atoms with E-state index in [9.17, 15) is 9.59 Å². The maximum atomic E-state index is 12.6. The molecule has 3 aliphatic rings. The van der Waals surface area contributed by atoms with E-state index in [1.165, 1.54) is 0 Å². The summed E-state index contributed by atoms with van der Waals surface area (Å²) in [5, 5.41) is 11.1. The molecule has 0 radical (unpaired) electrons. The van der Waals surface area contributed by atoms with E-state index in [0.29, 0.717) is 18.0 Å². The first-order valence-corrected chi connectivity index (χ1v) is 9.33. The molecule has 1 aromatic rings. The normalized spacial score (nSPS) is 23.7. The molecule has 2 heterocycles. The van der Waals surface area contributed by atoms with Crippen molar-refractivity contribution in [2.24, 2.45) is 22.1 Å². The summed E-state index contributed by atoms with van der Waals surface area (Å²) < 4.78 is 0. The Morgan fingerprint density at radius 3 is 2.85 bits per heavy atom. The highest BCUT2D eigenvalue weighted by Crippen LogP contribution is 2.29. The highest BCUT2D eigenvalue weighted by molar-refractivity contribution is 6.30. The van der Waals surface area contributed by atoms with Gasteiger partial charge >= 0.3 is 0 Å². The van der Waals surface area contributed by atoms with Gasteiger partial charge in [0.2, 0.25) is 0 Å². The van der Waals surface area contributed by atoms with Crippen molar-refractivity contribution in [3.63, 3.8) is 0 Å². The Kier molecular flexibility index (Phi) is 4.90. The third-order valence-electron chi connectivity index (χ3n) is 5.06. The SMILES string of the molecule is O=C(NCC1CCN(c2ccc(Cl)cc2)C1)C1=C2C=CC=CC2C(=O)N=N1. The number of allylic oxidation sites excluding steroid dienone is 3. The van der Waals surface area contributed by atoms with E-state index in [1.807, 2.05) is 24.3 Å². The zero-order chi connectivity index (χ0) is 18.8. The summed E-state index contributed by atoms with van der Waals surface area (Å²) in [6.07, 6.45) is 8.08. The van der Waals surface area contributed by atoms with Crippen LogP contribution in [0.1, 0.15) is 6.42 Å². The number of amides is 2. The molecule has 1 aromatic carbocycles. The lowest BCUT2D eigenvalue weighted by Gasteiger charge is -2.20. The Balaban J connectivity index is 1.37. The highest BCUT2D eigenvalue weighted by atomic mass is 35.5. The Labute approximate surface area is 162 Å². The van der Waals surface area contributed by atoms with Crippen LogP contribution >= 0.6 is 11.6 Å². The summed E-state index contributed by atoms with van der Waals surface area (Å²) in [7, 11) is 0. The second-order valence-electron chi connectivity index (χ2n) is 6.85. The minimum atomic E-state index is -0.500. The molecule has 2 atom stereocenters. The number of nitrogens with one attached hydrogen (secondary N) is 1. The fourth-order valence-corrected chi connectivity index (χ4v) is 3.71. The van der Waals surface area contributed by atoms with Crippen LogP contribution in [0, 0.1) is 11.8 Å². The van der Waals surface area contributed by atoms with Crippen molar-refractivity contribution >= 4 is 29.1 Å². The molecule has 0 saturated carbocycles. The first-order valence-electron chi connectivity index (χ1n) is 8.95. The van der Waals surface area contributed by atoms with Crippen LogP contribution < -0.4 is 10.2 Å². The first kappa shape index (κ1) is 17.7. The molecule has 4 rings (SSSR count). The Bertz CT molecular complexity index is 886. The average Bonchev–Trinajstić information content (AvgIpc) is 3.16. The van der Waals surface area contributed by atoms with Crippen LogP contribution in [0.15, 0.2) is 70.1 Å². The maximum Gasteiger partial charge on any atom is 0.276 e. The Hall–Kier alpha value is -2.73. The van der Waals surface area contributed by atoms with Gasteiger partial charge < -0.3 is 10.2 Å². The lowest BCUT2D eigenvalue weighted by molar-refractivity contribution is -0.120. The molecule has 2 aliphatic heterocycles. The van der Waals surface area contributed by atoms with E-state index < -0.39 is 5.92 Å². The number of hydrogen-bond donors (Lipinski definition) is 1.